The van der Waals surface area contributed by atoms with Crippen LogP contribution in [0.5, 0.6) is 0 Å². The second-order valence-electron chi connectivity index (χ2n) is 4.87. The van der Waals surface area contributed by atoms with E-state index in [1.807, 2.05) is 6.92 Å². The molecule has 104 valence electrons. The van der Waals surface area contributed by atoms with E-state index in [1.54, 1.807) is 11.3 Å². The van der Waals surface area contributed by atoms with E-state index >= 15 is 0 Å². The topological polar surface area (TPSA) is 50.7 Å². The minimum Gasteiger partial charge on any atom is -0.309 e. The van der Waals surface area contributed by atoms with Crippen LogP contribution in [0, 0.1) is 6.92 Å². The molecule has 2 rings (SSSR count). The lowest BCUT2D eigenvalue weighted by Gasteiger charge is -2.16. The molecule has 0 aliphatic heterocycles. The van der Waals surface area contributed by atoms with Gasteiger partial charge in [0.05, 0.1) is 21.6 Å². The molecule has 19 heavy (non-hydrogen) atoms. The van der Waals surface area contributed by atoms with Gasteiger partial charge < -0.3 is 5.32 Å². The standard InChI is InChI=1S/C13H20N4S2/c1-5-14-10(6-11-15-9(4)7-18-11)13-12(8(2)3)16-17-19-13/h7-8,10,14H,5-6H2,1-4H3. The molecule has 0 bridgehead atoms. The number of rotatable bonds is 6. The Bertz CT molecular complexity index is 518. The Balaban J connectivity index is 2.21. The van der Waals surface area contributed by atoms with Gasteiger partial charge in [-0.1, -0.05) is 25.3 Å². The van der Waals surface area contributed by atoms with Crippen molar-refractivity contribution in [3.05, 3.63) is 26.7 Å². The van der Waals surface area contributed by atoms with E-state index in [0.717, 1.165) is 24.4 Å². The second-order valence-corrected chi connectivity index (χ2v) is 6.60. The average Bonchev–Trinajstić information content (AvgIpc) is 2.97. The molecular weight excluding hydrogens is 276 g/mol. The van der Waals surface area contributed by atoms with E-state index in [0.29, 0.717) is 5.92 Å². The van der Waals surface area contributed by atoms with Crippen LogP contribution in [0.1, 0.15) is 54.0 Å². The molecule has 2 aromatic heterocycles. The molecule has 1 unspecified atom stereocenters. The van der Waals surface area contributed by atoms with Crippen LogP contribution in [0.25, 0.3) is 0 Å². The van der Waals surface area contributed by atoms with Crippen LogP contribution in [-0.4, -0.2) is 21.1 Å². The van der Waals surface area contributed by atoms with Crippen molar-refractivity contribution in [2.45, 2.75) is 46.1 Å². The number of nitrogens with one attached hydrogen (secondary N) is 1. The van der Waals surface area contributed by atoms with Gasteiger partial charge in [0, 0.05) is 17.5 Å². The Morgan fingerprint density at radius 3 is 2.74 bits per heavy atom. The molecular formula is C13H20N4S2. The molecule has 0 fully saturated rings. The second kappa shape index (κ2) is 6.54. The smallest absolute Gasteiger partial charge is 0.0947 e. The monoisotopic (exact) mass is 296 g/mol. The number of aryl methyl sites for hydroxylation is 1. The lowest BCUT2D eigenvalue weighted by Crippen LogP contribution is -2.23. The molecule has 6 heteroatoms. The lowest BCUT2D eigenvalue weighted by atomic mass is 10.0. The van der Waals surface area contributed by atoms with Crippen LogP contribution in [-0.2, 0) is 6.42 Å². The minimum atomic E-state index is 0.271. The van der Waals surface area contributed by atoms with Gasteiger partial charge in [-0.3, -0.25) is 0 Å². The van der Waals surface area contributed by atoms with E-state index in [1.165, 1.54) is 21.4 Å². The number of aromatic nitrogens is 3. The summed E-state index contributed by atoms with van der Waals surface area (Å²) in [5, 5.41) is 11.1. The van der Waals surface area contributed by atoms with Crippen molar-refractivity contribution in [3.63, 3.8) is 0 Å². The number of nitrogens with zero attached hydrogens (tertiary/aromatic N) is 3. The van der Waals surface area contributed by atoms with E-state index in [4.69, 9.17) is 0 Å². The highest BCUT2D eigenvalue weighted by Crippen LogP contribution is 2.29. The maximum atomic E-state index is 4.56. The fraction of sp³-hybridized carbons (Fsp3) is 0.615. The summed E-state index contributed by atoms with van der Waals surface area (Å²) in [5.41, 5.74) is 2.21. The highest BCUT2D eigenvalue weighted by Gasteiger charge is 2.21. The molecule has 0 radical (unpaired) electrons. The van der Waals surface area contributed by atoms with E-state index < -0.39 is 0 Å². The Hall–Kier alpha value is -0.850. The molecule has 1 atom stereocenters. The SMILES string of the molecule is CCNC(Cc1nc(C)cs1)c1snnc1C(C)C. The molecule has 0 amide bonds. The number of hydrogen-bond acceptors (Lipinski definition) is 6. The van der Waals surface area contributed by atoms with Crippen molar-refractivity contribution >= 4 is 22.9 Å². The molecule has 2 heterocycles. The normalized spacial score (nSPS) is 13.1. The Labute approximate surface area is 122 Å². The molecule has 0 saturated carbocycles. The van der Waals surface area contributed by atoms with Crippen molar-refractivity contribution in [2.24, 2.45) is 0 Å². The van der Waals surface area contributed by atoms with E-state index in [-0.39, 0.29) is 6.04 Å². The van der Waals surface area contributed by atoms with Gasteiger partial charge in [0.2, 0.25) is 0 Å². The number of hydrogen-bond donors (Lipinski definition) is 1. The quantitative estimate of drug-likeness (QED) is 0.888. The molecule has 0 aliphatic rings. The summed E-state index contributed by atoms with van der Waals surface area (Å²) in [5.74, 6) is 0.410. The molecule has 0 aliphatic carbocycles. The predicted molar refractivity (Wildman–Crippen MR) is 81.0 cm³/mol. The van der Waals surface area contributed by atoms with Gasteiger partial charge in [0.25, 0.3) is 0 Å². The molecule has 1 N–H and O–H groups in total. The van der Waals surface area contributed by atoms with Gasteiger partial charge in [0.15, 0.2) is 0 Å². The lowest BCUT2D eigenvalue weighted by molar-refractivity contribution is 0.547. The van der Waals surface area contributed by atoms with Crippen LogP contribution < -0.4 is 5.32 Å². The summed E-state index contributed by atoms with van der Waals surface area (Å²) in [6, 6.07) is 0.271. The molecule has 4 nitrogen and oxygen atoms in total. The van der Waals surface area contributed by atoms with E-state index in [2.05, 4.69) is 46.0 Å². The summed E-state index contributed by atoms with van der Waals surface area (Å²) < 4.78 is 4.13. The zero-order chi connectivity index (χ0) is 13.8. The molecule has 0 saturated heterocycles. The zero-order valence-electron chi connectivity index (χ0n) is 11.8. The van der Waals surface area contributed by atoms with Gasteiger partial charge in [-0.05, 0) is 30.9 Å². The summed E-state index contributed by atoms with van der Waals surface area (Å²) in [4.78, 5) is 5.81. The summed E-state index contributed by atoms with van der Waals surface area (Å²) in [7, 11) is 0. The molecule has 2 aromatic rings. The fourth-order valence-corrected chi connectivity index (χ4v) is 3.72. The third-order valence-electron chi connectivity index (χ3n) is 2.90. The predicted octanol–water partition coefficient (Wildman–Crippen LogP) is 3.32. The van der Waals surface area contributed by atoms with Crippen LogP contribution in [0.4, 0.5) is 0 Å². The summed E-state index contributed by atoms with van der Waals surface area (Å²) >= 11 is 3.23. The number of likely N-dealkylation sites (N-methyl/N-ethyl adjacent to an activating group) is 1. The van der Waals surface area contributed by atoms with Crippen molar-refractivity contribution < 1.29 is 0 Å². The largest absolute Gasteiger partial charge is 0.309 e. The van der Waals surface area contributed by atoms with Gasteiger partial charge in [0.1, 0.15) is 0 Å². The van der Waals surface area contributed by atoms with Crippen LogP contribution in [0.2, 0.25) is 0 Å². The Morgan fingerprint density at radius 2 is 2.16 bits per heavy atom. The van der Waals surface area contributed by atoms with E-state index in [9.17, 15) is 0 Å². The van der Waals surface area contributed by atoms with Gasteiger partial charge in [-0.25, -0.2) is 4.98 Å². The van der Waals surface area contributed by atoms with Crippen molar-refractivity contribution in [3.8, 4) is 0 Å². The number of thiazole rings is 1. The van der Waals surface area contributed by atoms with Gasteiger partial charge >= 0.3 is 0 Å². The first kappa shape index (κ1) is 14.6. The van der Waals surface area contributed by atoms with Crippen molar-refractivity contribution in [1.29, 1.82) is 0 Å². The third kappa shape index (κ3) is 3.58. The molecule has 0 aromatic carbocycles. The molecule has 0 spiro atoms. The maximum Gasteiger partial charge on any atom is 0.0947 e. The first-order valence-electron chi connectivity index (χ1n) is 6.58. The first-order chi connectivity index (χ1) is 9.11. The van der Waals surface area contributed by atoms with Crippen molar-refractivity contribution in [2.75, 3.05) is 6.54 Å². The summed E-state index contributed by atoms with van der Waals surface area (Å²) in [6.45, 7) is 9.43. The zero-order valence-corrected chi connectivity index (χ0v) is 13.4. The summed E-state index contributed by atoms with van der Waals surface area (Å²) in [6.07, 6.45) is 0.913. The Morgan fingerprint density at radius 1 is 1.37 bits per heavy atom. The first-order valence-corrected chi connectivity index (χ1v) is 8.23. The van der Waals surface area contributed by atoms with Gasteiger partial charge in [-0.15, -0.1) is 16.4 Å². The van der Waals surface area contributed by atoms with Gasteiger partial charge in [-0.2, -0.15) is 0 Å². The average molecular weight is 296 g/mol. The fourth-order valence-electron chi connectivity index (χ4n) is 2.02. The highest BCUT2D eigenvalue weighted by molar-refractivity contribution is 7.09. The minimum absolute atomic E-state index is 0.271. The van der Waals surface area contributed by atoms with Crippen LogP contribution in [0.3, 0.4) is 0 Å². The van der Waals surface area contributed by atoms with Crippen LogP contribution in [0.15, 0.2) is 5.38 Å². The maximum absolute atomic E-state index is 4.56. The Kier molecular flexibility index (Phi) is 5.01. The third-order valence-corrected chi connectivity index (χ3v) is 4.74. The highest BCUT2D eigenvalue weighted by atomic mass is 32.1. The van der Waals surface area contributed by atoms with Crippen molar-refractivity contribution in [1.82, 2.24) is 19.9 Å². The van der Waals surface area contributed by atoms with Crippen LogP contribution >= 0.6 is 22.9 Å².